The van der Waals surface area contributed by atoms with Crippen molar-refractivity contribution < 1.29 is 14.3 Å². The molecule has 3 atom stereocenters. The number of nitrogens with one attached hydrogen (secondary N) is 1. The molecular weight excluding hydrogens is 332 g/mol. The minimum Gasteiger partial charge on any atom is -0.376 e. The molecule has 0 spiro atoms. The van der Waals surface area contributed by atoms with Gasteiger partial charge in [0.1, 0.15) is 6.33 Å². The van der Waals surface area contributed by atoms with Gasteiger partial charge in [0.05, 0.1) is 12.7 Å². The highest BCUT2D eigenvalue weighted by atomic mass is 16.5. The van der Waals surface area contributed by atoms with Gasteiger partial charge >= 0.3 is 0 Å². The van der Waals surface area contributed by atoms with E-state index in [0.717, 1.165) is 12.1 Å². The van der Waals surface area contributed by atoms with Gasteiger partial charge in [-0.3, -0.25) is 9.59 Å². The van der Waals surface area contributed by atoms with Gasteiger partial charge in [0.15, 0.2) is 0 Å². The molecular formula is C19H26N4O3. The Kier molecular flexibility index (Phi) is 5.15. The summed E-state index contributed by atoms with van der Waals surface area (Å²) < 4.78 is 5.88. The highest BCUT2D eigenvalue weighted by Crippen LogP contribution is 2.36. The van der Waals surface area contributed by atoms with E-state index in [1.807, 2.05) is 4.90 Å². The average Bonchev–Trinajstić information content (AvgIpc) is 3.28. The van der Waals surface area contributed by atoms with Gasteiger partial charge < -0.3 is 15.0 Å². The topological polar surface area (TPSA) is 84.4 Å². The Morgan fingerprint density at radius 1 is 1.23 bits per heavy atom. The van der Waals surface area contributed by atoms with Gasteiger partial charge in [-0.1, -0.05) is 0 Å². The molecule has 3 heterocycles. The van der Waals surface area contributed by atoms with Crippen LogP contribution in [0.2, 0.25) is 0 Å². The summed E-state index contributed by atoms with van der Waals surface area (Å²) in [6, 6.07) is 0. The number of hydrogen-bond donors (Lipinski definition) is 1. The molecule has 7 heteroatoms. The number of fused-ring (bicyclic) bond motifs is 1. The summed E-state index contributed by atoms with van der Waals surface area (Å²) in [5.41, 5.74) is 0.974. The fourth-order valence-electron chi connectivity index (χ4n) is 3.97. The van der Waals surface area contributed by atoms with Crippen molar-refractivity contribution in [1.82, 2.24) is 20.2 Å². The quantitative estimate of drug-likeness (QED) is 0.779. The normalized spacial score (nSPS) is 27.4. The van der Waals surface area contributed by atoms with Crippen LogP contribution in [0.5, 0.6) is 0 Å². The van der Waals surface area contributed by atoms with E-state index in [1.165, 1.54) is 19.2 Å². The predicted octanol–water partition coefficient (Wildman–Crippen LogP) is 0.799. The summed E-state index contributed by atoms with van der Waals surface area (Å²) >= 11 is 0. The van der Waals surface area contributed by atoms with Crippen molar-refractivity contribution in [1.29, 1.82) is 0 Å². The molecule has 140 valence electrons. The van der Waals surface area contributed by atoms with Gasteiger partial charge in [0, 0.05) is 50.8 Å². The zero-order valence-corrected chi connectivity index (χ0v) is 15.0. The fourth-order valence-corrected chi connectivity index (χ4v) is 3.97. The van der Waals surface area contributed by atoms with Crippen LogP contribution >= 0.6 is 0 Å². The summed E-state index contributed by atoms with van der Waals surface area (Å²) in [7, 11) is 0. The van der Waals surface area contributed by atoms with Crippen LogP contribution in [0, 0.1) is 17.8 Å². The van der Waals surface area contributed by atoms with Crippen LogP contribution in [0.1, 0.15) is 31.2 Å². The third-order valence-corrected chi connectivity index (χ3v) is 5.77. The van der Waals surface area contributed by atoms with Crippen molar-refractivity contribution in [2.45, 2.75) is 38.2 Å². The lowest BCUT2D eigenvalue weighted by molar-refractivity contribution is -0.130. The number of likely N-dealkylation sites (tertiary alicyclic amines) is 1. The number of carbonyl (C=O) groups excluding carboxylic acids is 2. The third-order valence-electron chi connectivity index (χ3n) is 5.77. The van der Waals surface area contributed by atoms with E-state index >= 15 is 0 Å². The molecule has 4 rings (SSSR count). The van der Waals surface area contributed by atoms with Crippen molar-refractivity contribution in [2.24, 2.45) is 17.8 Å². The van der Waals surface area contributed by atoms with Gasteiger partial charge in [0.25, 0.3) is 0 Å². The fraction of sp³-hybridized carbons (Fsp3) is 0.684. The summed E-state index contributed by atoms with van der Waals surface area (Å²) in [5.74, 6) is 1.47. The number of hydrogen-bond acceptors (Lipinski definition) is 5. The van der Waals surface area contributed by atoms with E-state index in [-0.39, 0.29) is 29.8 Å². The smallest absolute Gasteiger partial charge is 0.223 e. The molecule has 3 aliphatic rings. The maximum atomic E-state index is 12.5. The summed E-state index contributed by atoms with van der Waals surface area (Å²) in [6.45, 7) is 2.80. The van der Waals surface area contributed by atoms with Gasteiger partial charge in [-0.25, -0.2) is 9.97 Å². The van der Waals surface area contributed by atoms with Crippen LogP contribution in [0.3, 0.4) is 0 Å². The minimum absolute atomic E-state index is 0.0836. The molecule has 2 saturated heterocycles. The Labute approximate surface area is 153 Å². The number of nitrogens with zero attached hydrogens (tertiary/aromatic N) is 3. The first-order valence-electron chi connectivity index (χ1n) is 9.59. The Morgan fingerprint density at radius 3 is 2.81 bits per heavy atom. The summed E-state index contributed by atoms with van der Waals surface area (Å²) in [4.78, 5) is 34.5. The molecule has 1 saturated carbocycles. The Balaban J connectivity index is 1.24. The number of ether oxygens (including phenoxy) is 1. The van der Waals surface area contributed by atoms with Crippen molar-refractivity contribution in [3.8, 4) is 0 Å². The second kappa shape index (κ2) is 7.70. The van der Waals surface area contributed by atoms with E-state index in [4.69, 9.17) is 4.74 Å². The summed E-state index contributed by atoms with van der Waals surface area (Å²) in [6.07, 6.45) is 9.17. The molecule has 1 aromatic rings. The number of carbonyl (C=O) groups is 2. The first-order valence-corrected chi connectivity index (χ1v) is 9.59. The molecule has 0 bridgehead atoms. The van der Waals surface area contributed by atoms with Crippen molar-refractivity contribution >= 4 is 11.8 Å². The highest BCUT2D eigenvalue weighted by Gasteiger charge is 2.45. The first kappa shape index (κ1) is 17.4. The van der Waals surface area contributed by atoms with Crippen molar-refractivity contribution in [3.63, 3.8) is 0 Å². The number of rotatable bonds is 7. The molecule has 7 nitrogen and oxygen atoms in total. The molecule has 0 aromatic carbocycles. The second-order valence-electron chi connectivity index (χ2n) is 7.79. The second-order valence-corrected chi connectivity index (χ2v) is 7.79. The number of aromatic nitrogens is 2. The number of amides is 2. The average molecular weight is 358 g/mol. The maximum Gasteiger partial charge on any atom is 0.223 e. The van der Waals surface area contributed by atoms with E-state index in [1.54, 1.807) is 12.4 Å². The van der Waals surface area contributed by atoms with Crippen LogP contribution < -0.4 is 5.32 Å². The predicted molar refractivity (Wildman–Crippen MR) is 94.0 cm³/mol. The van der Waals surface area contributed by atoms with E-state index in [9.17, 15) is 9.59 Å². The van der Waals surface area contributed by atoms with Crippen molar-refractivity contribution in [3.05, 3.63) is 24.3 Å². The molecule has 2 aliphatic heterocycles. The summed E-state index contributed by atoms with van der Waals surface area (Å²) in [5, 5.41) is 3.04. The monoisotopic (exact) mass is 358 g/mol. The van der Waals surface area contributed by atoms with Crippen LogP contribution in [0.25, 0.3) is 0 Å². The molecule has 26 heavy (non-hydrogen) atoms. The number of aryl methyl sites for hydroxylation is 1. The van der Waals surface area contributed by atoms with Gasteiger partial charge in [0.2, 0.25) is 11.8 Å². The molecule has 1 aromatic heterocycles. The molecule has 2 amide bonds. The molecule has 1 aliphatic carbocycles. The molecule has 0 unspecified atom stereocenters. The van der Waals surface area contributed by atoms with Crippen LogP contribution in [0.4, 0.5) is 0 Å². The first-order chi connectivity index (χ1) is 12.7. The van der Waals surface area contributed by atoms with E-state index in [0.29, 0.717) is 44.9 Å². The zero-order chi connectivity index (χ0) is 17.9. The molecule has 1 N–H and O–H groups in total. The third kappa shape index (κ3) is 4.20. The minimum atomic E-state index is 0.0836. The van der Waals surface area contributed by atoms with Gasteiger partial charge in [-0.2, -0.15) is 0 Å². The van der Waals surface area contributed by atoms with Gasteiger partial charge in [-0.05, 0) is 36.7 Å². The maximum absolute atomic E-state index is 12.5. The van der Waals surface area contributed by atoms with E-state index < -0.39 is 0 Å². The largest absolute Gasteiger partial charge is 0.376 e. The lowest BCUT2D eigenvalue weighted by atomic mass is 9.90. The van der Waals surface area contributed by atoms with Crippen molar-refractivity contribution in [2.75, 3.05) is 26.2 Å². The lowest BCUT2D eigenvalue weighted by Crippen LogP contribution is -2.33. The molecule has 3 fully saturated rings. The standard InChI is InChI=1S/C19H26N4O3/c24-18(22-8-13-1-2-13)5-15-11-26-17-10-23(9-16(15)17)19(25)4-3-14-6-20-12-21-7-14/h6-7,12-13,15-17H,1-5,8-11H2,(H,22,24)/t15-,16+,17+/m0/s1. The SMILES string of the molecule is O=C(C[C@H]1CO[C@@H]2CN(C(=O)CCc3cncnc3)C[C@H]12)NCC1CC1. The Hall–Kier alpha value is -2.02. The lowest BCUT2D eigenvalue weighted by Gasteiger charge is -2.19. The zero-order valence-electron chi connectivity index (χ0n) is 15.0. The Bertz CT molecular complexity index is 649. The highest BCUT2D eigenvalue weighted by molar-refractivity contribution is 5.77. The van der Waals surface area contributed by atoms with Crippen LogP contribution in [-0.4, -0.2) is 59.0 Å². The van der Waals surface area contributed by atoms with E-state index in [2.05, 4.69) is 15.3 Å². The Morgan fingerprint density at radius 2 is 2.04 bits per heavy atom. The molecule has 0 radical (unpaired) electrons. The van der Waals surface area contributed by atoms with Gasteiger partial charge in [-0.15, -0.1) is 0 Å². The van der Waals surface area contributed by atoms with Crippen LogP contribution in [0.15, 0.2) is 18.7 Å². The van der Waals surface area contributed by atoms with Crippen LogP contribution in [-0.2, 0) is 20.7 Å².